The third kappa shape index (κ3) is 2.85. The Morgan fingerprint density at radius 1 is 1.23 bits per heavy atom. The predicted octanol–water partition coefficient (Wildman–Crippen LogP) is 0.574. The summed E-state index contributed by atoms with van der Waals surface area (Å²) >= 11 is 1.53. The highest BCUT2D eigenvalue weighted by Crippen LogP contribution is 2.23. The van der Waals surface area contributed by atoms with Crippen molar-refractivity contribution in [3.63, 3.8) is 0 Å². The highest BCUT2D eigenvalue weighted by atomic mass is 32.2. The molecule has 120 valence electrons. The van der Waals surface area contributed by atoms with Gasteiger partial charge in [0.2, 0.25) is 15.2 Å². The maximum Gasteiger partial charge on any atom is 0.246 e. The lowest BCUT2D eigenvalue weighted by Crippen LogP contribution is -2.48. The molecular weight excluding hydrogens is 324 g/mol. The number of aromatic nitrogens is 4. The number of rotatable bonds is 4. The minimum Gasteiger partial charge on any atom is -0.344 e. The molecule has 0 bridgehead atoms. The van der Waals surface area contributed by atoms with Gasteiger partial charge in [0.25, 0.3) is 0 Å². The maximum absolute atomic E-state index is 12.6. The minimum atomic E-state index is -3.46. The molecule has 0 aliphatic carbocycles. The van der Waals surface area contributed by atoms with Gasteiger partial charge in [-0.3, -0.25) is 4.68 Å². The van der Waals surface area contributed by atoms with Gasteiger partial charge < -0.3 is 4.90 Å². The van der Waals surface area contributed by atoms with Crippen molar-refractivity contribution in [1.29, 1.82) is 0 Å². The molecule has 22 heavy (non-hydrogen) atoms. The van der Waals surface area contributed by atoms with Gasteiger partial charge in [0, 0.05) is 38.9 Å². The van der Waals surface area contributed by atoms with E-state index in [2.05, 4.69) is 20.2 Å². The summed E-state index contributed by atoms with van der Waals surface area (Å²) in [6.07, 6.45) is 3.00. The monoisotopic (exact) mass is 342 g/mol. The smallest absolute Gasteiger partial charge is 0.246 e. The van der Waals surface area contributed by atoms with Crippen molar-refractivity contribution in [1.82, 2.24) is 24.3 Å². The molecule has 3 rings (SSSR count). The van der Waals surface area contributed by atoms with Crippen LogP contribution in [0.4, 0.5) is 5.13 Å². The van der Waals surface area contributed by atoms with E-state index in [1.54, 1.807) is 10.9 Å². The minimum absolute atomic E-state index is 0.259. The molecule has 10 heteroatoms. The van der Waals surface area contributed by atoms with Crippen LogP contribution in [0, 0.1) is 6.92 Å². The van der Waals surface area contributed by atoms with Gasteiger partial charge in [-0.05, 0) is 13.8 Å². The Morgan fingerprint density at radius 2 is 1.95 bits per heavy atom. The van der Waals surface area contributed by atoms with Gasteiger partial charge in [-0.2, -0.15) is 9.40 Å². The summed E-state index contributed by atoms with van der Waals surface area (Å²) in [7, 11) is -3.46. The molecule has 3 heterocycles. The summed E-state index contributed by atoms with van der Waals surface area (Å²) in [4.78, 5) is 2.33. The molecule has 0 atom stereocenters. The van der Waals surface area contributed by atoms with Gasteiger partial charge in [-0.15, -0.1) is 10.2 Å². The molecule has 0 radical (unpaired) electrons. The molecule has 0 N–H and O–H groups in total. The van der Waals surface area contributed by atoms with Gasteiger partial charge in [0.15, 0.2) is 0 Å². The number of sulfonamides is 1. The Morgan fingerprint density at radius 3 is 2.50 bits per heavy atom. The van der Waals surface area contributed by atoms with E-state index in [4.69, 9.17) is 0 Å². The summed E-state index contributed by atoms with van der Waals surface area (Å²) in [6.45, 7) is 6.61. The topological polar surface area (TPSA) is 84.2 Å². The van der Waals surface area contributed by atoms with Crippen LogP contribution in [0.5, 0.6) is 0 Å². The van der Waals surface area contributed by atoms with E-state index >= 15 is 0 Å². The zero-order valence-corrected chi connectivity index (χ0v) is 14.1. The standard InChI is InChI=1S/C12H18N6O2S2/c1-3-17-9-11(8-13-17)22(19,20)18-6-4-16(5-7-18)12-15-14-10(2)21-12/h8-9H,3-7H2,1-2H3. The Bertz CT molecular complexity index is 745. The molecule has 2 aromatic heterocycles. The second-order valence-electron chi connectivity index (χ2n) is 5.03. The van der Waals surface area contributed by atoms with Gasteiger partial charge >= 0.3 is 0 Å². The Hall–Kier alpha value is -1.52. The Balaban J connectivity index is 1.70. The van der Waals surface area contributed by atoms with Crippen LogP contribution in [-0.2, 0) is 16.6 Å². The van der Waals surface area contributed by atoms with E-state index < -0.39 is 10.0 Å². The van der Waals surface area contributed by atoms with Crippen molar-refractivity contribution in [2.24, 2.45) is 0 Å². The van der Waals surface area contributed by atoms with Gasteiger partial charge in [0.1, 0.15) is 9.90 Å². The van der Waals surface area contributed by atoms with Crippen molar-refractivity contribution in [3.05, 3.63) is 17.4 Å². The van der Waals surface area contributed by atoms with Crippen LogP contribution < -0.4 is 4.90 Å². The van der Waals surface area contributed by atoms with Crippen molar-refractivity contribution < 1.29 is 8.42 Å². The summed E-state index contributed by atoms with van der Waals surface area (Å²) < 4.78 is 28.3. The van der Waals surface area contributed by atoms with Crippen LogP contribution in [0.3, 0.4) is 0 Å². The summed E-state index contributed by atoms with van der Waals surface area (Å²) in [5, 5.41) is 13.9. The SMILES string of the molecule is CCn1cc(S(=O)(=O)N2CCN(c3nnc(C)s3)CC2)cn1. The molecule has 0 amide bonds. The van der Waals surface area contributed by atoms with Crippen LogP contribution >= 0.6 is 11.3 Å². The summed E-state index contributed by atoms with van der Waals surface area (Å²) in [6, 6.07) is 0. The van der Waals surface area contributed by atoms with E-state index in [-0.39, 0.29) is 4.90 Å². The van der Waals surface area contributed by atoms with E-state index in [1.807, 2.05) is 13.8 Å². The molecule has 1 aliphatic rings. The zero-order valence-electron chi connectivity index (χ0n) is 12.5. The number of anilines is 1. The molecule has 0 aromatic carbocycles. The number of hydrogen-bond acceptors (Lipinski definition) is 7. The number of aryl methyl sites for hydroxylation is 2. The fraction of sp³-hybridized carbons (Fsp3) is 0.583. The Labute approximate surface area is 133 Å². The number of piperazine rings is 1. The lowest BCUT2D eigenvalue weighted by Gasteiger charge is -2.33. The highest BCUT2D eigenvalue weighted by Gasteiger charge is 2.30. The van der Waals surface area contributed by atoms with Gasteiger partial charge in [-0.25, -0.2) is 8.42 Å². The van der Waals surface area contributed by atoms with Gasteiger partial charge in [0.05, 0.1) is 6.20 Å². The highest BCUT2D eigenvalue weighted by molar-refractivity contribution is 7.89. The van der Waals surface area contributed by atoms with E-state index in [1.165, 1.54) is 21.8 Å². The molecule has 0 spiro atoms. The van der Waals surface area contributed by atoms with E-state index in [9.17, 15) is 8.42 Å². The first-order valence-corrected chi connectivity index (χ1v) is 9.34. The van der Waals surface area contributed by atoms with Crippen molar-refractivity contribution in [2.45, 2.75) is 25.3 Å². The maximum atomic E-state index is 12.6. The van der Waals surface area contributed by atoms with Crippen LogP contribution in [0.1, 0.15) is 11.9 Å². The van der Waals surface area contributed by atoms with E-state index in [0.717, 1.165) is 10.1 Å². The van der Waals surface area contributed by atoms with Gasteiger partial charge in [-0.1, -0.05) is 11.3 Å². The van der Waals surface area contributed by atoms with Crippen molar-refractivity contribution in [3.8, 4) is 0 Å². The molecule has 1 saturated heterocycles. The third-order valence-electron chi connectivity index (χ3n) is 3.60. The fourth-order valence-electron chi connectivity index (χ4n) is 2.33. The Kier molecular flexibility index (Phi) is 4.15. The lowest BCUT2D eigenvalue weighted by molar-refractivity contribution is 0.384. The first-order chi connectivity index (χ1) is 10.5. The molecule has 0 saturated carbocycles. The number of hydrogen-bond donors (Lipinski definition) is 0. The molecule has 8 nitrogen and oxygen atoms in total. The zero-order chi connectivity index (χ0) is 15.7. The van der Waals surface area contributed by atoms with Crippen LogP contribution in [0.2, 0.25) is 0 Å². The summed E-state index contributed by atoms with van der Waals surface area (Å²) in [5.41, 5.74) is 0. The normalized spacial score (nSPS) is 17.1. The average Bonchev–Trinajstić information content (AvgIpc) is 3.16. The van der Waals surface area contributed by atoms with Crippen LogP contribution in [0.15, 0.2) is 17.3 Å². The first-order valence-electron chi connectivity index (χ1n) is 7.08. The molecular formula is C12H18N6O2S2. The first kappa shape index (κ1) is 15.4. The van der Waals surface area contributed by atoms with E-state index in [0.29, 0.717) is 32.7 Å². The van der Waals surface area contributed by atoms with Crippen LogP contribution in [0.25, 0.3) is 0 Å². The third-order valence-corrected chi connectivity index (χ3v) is 6.35. The quantitative estimate of drug-likeness (QED) is 0.808. The molecule has 1 aliphatic heterocycles. The molecule has 1 fully saturated rings. The van der Waals surface area contributed by atoms with Crippen LogP contribution in [-0.4, -0.2) is 58.9 Å². The summed E-state index contributed by atoms with van der Waals surface area (Å²) in [5.74, 6) is 0. The second kappa shape index (κ2) is 5.94. The van der Waals surface area contributed by atoms with Crippen molar-refractivity contribution in [2.75, 3.05) is 31.1 Å². The second-order valence-corrected chi connectivity index (χ2v) is 8.12. The lowest BCUT2D eigenvalue weighted by atomic mass is 10.4. The average molecular weight is 342 g/mol. The molecule has 2 aromatic rings. The largest absolute Gasteiger partial charge is 0.344 e. The fourth-order valence-corrected chi connectivity index (χ4v) is 4.45. The molecule has 0 unspecified atom stereocenters. The van der Waals surface area contributed by atoms with Crippen molar-refractivity contribution >= 4 is 26.5 Å². The predicted molar refractivity (Wildman–Crippen MR) is 83.5 cm³/mol. The number of nitrogens with zero attached hydrogens (tertiary/aromatic N) is 6.